The first-order valence-corrected chi connectivity index (χ1v) is 18.4. The smallest absolute Gasteiger partial charge is 0.308 e. The van der Waals surface area contributed by atoms with E-state index in [0.29, 0.717) is 53.8 Å². The molecule has 3 aromatic carbocycles. The molecule has 3 aromatic rings. The SMILES string of the molecule is CC(=O)Oc1ccc2c3c1O[C@H]1[C@H](N(CC(C)C)C(=O)Cc4ccc(Cl)c(Cl)c4)CCC4(OC(C)=O)[C@@H](C2)N(CCc2ccccc2)CC[C@]314. The molecule has 0 N–H and O–H groups in total. The summed E-state index contributed by atoms with van der Waals surface area (Å²) in [6.45, 7) is 9.19. The van der Waals surface area contributed by atoms with Crippen molar-refractivity contribution >= 4 is 41.0 Å². The molecule has 1 spiro atoms. The van der Waals surface area contributed by atoms with Crippen molar-refractivity contribution < 1.29 is 28.6 Å². The van der Waals surface area contributed by atoms with E-state index in [1.54, 1.807) is 12.1 Å². The van der Waals surface area contributed by atoms with E-state index in [-0.39, 0.29) is 36.3 Å². The Morgan fingerprint density at radius 1 is 0.980 bits per heavy atom. The van der Waals surface area contributed by atoms with Gasteiger partial charge in [0.15, 0.2) is 11.5 Å². The van der Waals surface area contributed by atoms with Crippen LogP contribution in [-0.4, -0.2) is 71.1 Å². The molecule has 8 nitrogen and oxygen atoms in total. The molecule has 1 saturated carbocycles. The Hall–Kier alpha value is -3.59. The Kier molecular flexibility index (Phi) is 9.42. The fourth-order valence-corrected chi connectivity index (χ4v) is 9.83. The zero-order valence-electron chi connectivity index (χ0n) is 29.0. The van der Waals surface area contributed by atoms with Crippen LogP contribution in [0.1, 0.15) is 69.2 Å². The summed E-state index contributed by atoms with van der Waals surface area (Å²) in [7, 11) is 0. The van der Waals surface area contributed by atoms with Gasteiger partial charge in [-0.2, -0.15) is 0 Å². The number of piperidine rings is 1. The summed E-state index contributed by atoms with van der Waals surface area (Å²) in [5, 5.41) is 0.844. The molecule has 1 amide bonds. The van der Waals surface area contributed by atoms with E-state index in [1.807, 2.05) is 29.2 Å². The average Bonchev–Trinajstić information content (AvgIpc) is 3.42. The highest BCUT2D eigenvalue weighted by Crippen LogP contribution is 2.67. The fourth-order valence-electron chi connectivity index (χ4n) is 9.51. The van der Waals surface area contributed by atoms with Gasteiger partial charge in [0.05, 0.1) is 34.0 Å². The lowest BCUT2D eigenvalue weighted by atomic mass is 9.48. The van der Waals surface area contributed by atoms with Gasteiger partial charge in [0.25, 0.3) is 0 Å². The first-order chi connectivity index (χ1) is 23.9. The van der Waals surface area contributed by atoms with E-state index in [0.717, 1.165) is 36.2 Å². The molecule has 50 heavy (non-hydrogen) atoms. The van der Waals surface area contributed by atoms with E-state index in [9.17, 15) is 14.4 Å². The van der Waals surface area contributed by atoms with Gasteiger partial charge in [-0.1, -0.05) is 79.5 Å². The number of carbonyl (C=O) groups excluding carboxylic acids is 3. The number of hydrogen-bond acceptors (Lipinski definition) is 7. The van der Waals surface area contributed by atoms with E-state index in [1.165, 1.54) is 19.4 Å². The number of rotatable bonds is 10. The number of halogens is 2. The van der Waals surface area contributed by atoms with Crippen LogP contribution in [0.4, 0.5) is 0 Å². The third-order valence-electron chi connectivity index (χ3n) is 11.2. The molecule has 2 heterocycles. The molecule has 2 aliphatic heterocycles. The number of nitrogens with zero attached hydrogens (tertiary/aromatic N) is 2. The van der Waals surface area contributed by atoms with E-state index < -0.39 is 23.1 Å². The van der Waals surface area contributed by atoms with Crippen LogP contribution in [0, 0.1) is 5.92 Å². The lowest BCUT2D eigenvalue weighted by molar-refractivity contribution is -0.224. The highest BCUT2D eigenvalue weighted by atomic mass is 35.5. The number of esters is 2. The van der Waals surface area contributed by atoms with Gasteiger partial charge < -0.3 is 19.1 Å². The summed E-state index contributed by atoms with van der Waals surface area (Å²) >= 11 is 12.5. The average molecular weight is 720 g/mol. The molecular weight excluding hydrogens is 675 g/mol. The first kappa shape index (κ1) is 34.8. The second-order valence-corrected chi connectivity index (χ2v) is 15.5. The molecule has 10 heteroatoms. The fraction of sp³-hybridized carbons (Fsp3) is 0.475. The Morgan fingerprint density at radius 3 is 2.46 bits per heavy atom. The molecule has 1 saturated heterocycles. The second-order valence-electron chi connectivity index (χ2n) is 14.7. The van der Waals surface area contributed by atoms with Crippen LogP contribution < -0.4 is 9.47 Å². The van der Waals surface area contributed by atoms with Crippen LogP contribution >= 0.6 is 23.2 Å². The molecule has 5 atom stereocenters. The number of carbonyl (C=O) groups is 3. The number of likely N-dealkylation sites (tertiary alicyclic amines) is 1. The van der Waals surface area contributed by atoms with Gasteiger partial charge >= 0.3 is 11.9 Å². The zero-order chi connectivity index (χ0) is 35.4. The molecule has 1 unspecified atom stereocenters. The predicted molar refractivity (Wildman–Crippen MR) is 192 cm³/mol. The third-order valence-corrected chi connectivity index (χ3v) is 12.0. The highest BCUT2D eigenvalue weighted by molar-refractivity contribution is 6.42. The van der Waals surface area contributed by atoms with Gasteiger partial charge in [0.1, 0.15) is 11.7 Å². The maximum atomic E-state index is 14.4. The quantitative estimate of drug-likeness (QED) is 0.165. The normalized spacial score (nSPS) is 26.2. The molecular formula is C40H44Cl2N2O6. The standard InChI is InChI=1S/C40H44Cl2N2O6/c1-24(2)23-44(35(47)21-28-10-12-30(41)31(42)20-28)32-14-16-40(50-26(4)46)34-22-29-11-13-33(48-25(3)45)37-36(29)39(40,38(32)49-37)17-19-43(34)18-15-27-8-6-5-7-9-27/h5-13,20,24,32,34,38H,14-19,21-23H2,1-4H3/t32-,34-,38+,39+,40?/m1/s1. The van der Waals surface area contributed by atoms with Crippen molar-refractivity contribution in [2.75, 3.05) is 19.6 Å². The maximum absolute atomic E-state index is 14.4. The summed E-state index contributed by atoms with van der Waals surface area (Å²) in [6, 6.07) is 19.2. The summed E-state index contributed by atoms with van der Waals surface area (Å²) in [5.41, 5.74) is 2.45. The van der Waals surface area contributed by atoms with Crippen LogP contribution in [0.2, 0.25) is 10.0 Å². The highest BCUT2D eigenvalue weighted by Gasteiger charge is 2.75. The maximum Gasteiger partial charge on any atom is 0.308 e. The molecule has 0 radical (unpaired) electrons. The van der Waals surface area contributed by atoms with Gasteiger partial charge in [-0.05, 0) is 79.5 Å². The molecule has 7 rings (SSSR count). The summed E-state index contributed by atoms with van der Waals surface area (Å²) in [5.74, 6) is 0.259. The lowest BCUT2D eigenvalue weighted by Crippen LogP contribution is -2.79. The number of hydrogen-bond donors (Lipinski definition) is 0. The van der Waals surface area contributed by atoms with Gasteiger partial charge in [-0.15, -0.1) is 0 Å². The third kappa shape index (κ3) is 5.87. The number of benzene rings is 3. The lowest BCUT2D eigenvalue weighted by Gasteiger charge is -2.65. The van der Waals surface area contributed by atoms with Crippen LogP contribution in [-0.2, 0) is 43.8 Å². The minimum atomic E-state index is -0.904. The van der Waals surface area contributed by atoms with Crippen molar-refractivity contribution in [2.45, 2.75) is 95.4 Å². The van der Waals surface area contributed by atoms with Crippen LogP contribution in [0.15, 0.2) is 60.7 Å². The monoisotopic (exact) mass is 718 g/mol. The minimum Gasteiger partial charge on any atom is -0.483 e. The van der Waals surface area contributed by atoms with Crippen molar-refractivity contribution in [3.8, 4) is 11.5 Å². The van der Waals surface area contributed by atoms with Crippen molar-refractivity contribution in [2.24, 2.45) is 5.92 Å². The molecule has 2 aliphatic carbocycles. The van der Waals surface area contributed by atoms with Crippen molar-refractivity contribution in [1.82, 2.24) is 9.80 Å². The van der Waals surface area contributed by atoms with Gasteiger partial charge in [0.2, 0.25) is 5.91 Å². The Balaban J connectivity index is 1.33. The van der Waals surface area contributed by atoms with Gasteiger partial charge in [0, 0.05) is 32.5 Å². The predicted octanol–water partition coefficient (Wildman–Crippen LogP) is 6.98. The Labute approximate surface area is 304 Å². The number of ether oxygens (including phenoxy) is 3. The van der Waals surface area contributed by atoms with Crippen molar-refractivity contribution in [3.05, 3.63) is 93.0 Å². The van der Waals surface area contributed by atoms with Crippen LogP contribution in [0.3, 0.4) is 0 Å². The Bertz CT molecular complexity index is 1820. The Morgan fingerprint density at radius 2 is 1.76 bits per heavy atom. The number of amides is 1. The molecule has 4 aliphatic rings. The summed E-state index contributed by atoms with van der Waals surface area (Å²) < 4.78 is 19.5. The van der Waals surface area contributed by atoms with E-state index >= 15 is 0 Å². The summed E-state index contributed by atoms with van der Waals surface area (Å²) in [6.07, 6.45) is 2.96. The zero-order valence-corrected chi connectivity index (χ0v) is 30.6. The van der Waals surface area contributed by atoms with E-state index in [4.69, 9.17) is 37.4 Å². The first-order valence-electron chi connectivity index (χ1n) is 17.7. The largest absolute Gasteiger partial charge is 0.483 e. The van der Waals surface area contributed by atoms with Gasteiger partial charge in [-0.25, -0.2) is 0 Å². The van der Waals surface area contributed by atoms with Gasteiger partial charge in [-0.3, -0.25) is 19.3 Å². The van der Waals surface area contributed by atoms with E-state index in [2.05, 4.69) is 43.0 Å². The van der Waals surface area contributed by atoms with Crippen molar-refractivity contribution in [3.63, 3.8) is 0 Å². The molecule has 264 valence electrons. The van der Waals surface area contributed by atoms with Crippen LogP contribution in [0.25, 0.3) is 0 Å². The molecule has 2 bridgehead atoms. The van der Waals surface area contributed by atoms with Crippen molar-refractivity contribution in [1.29, 1.82) is 0 Å². The molecule has 0 aromatic heterocycles. The minimum absolute atomic E-state index is 0.0360. The topological polar surface area (TPSA) is 85.4 Å². The molecule has 2 fully saturated rings. The summed E-state index contributed by atoms with van der Waals surface area (Å²) in [4.78, 5) is 44.4. The second kappa shape index (κ2) is 13.5. The van der Waals surface area contributed by atoms with Crippen LogP contribution in [0.5, 0.6) is 11.5 Å².